The summed E-state index contributed by atoms with van der Waals surface area (Å²) in [6, 6.07) is 0. The topological polar surface area (TPSA) is 0 Å². The fourth-order valence-electron chi connectivity index (χ4n) is 1.36. The van der Waals surface area contributed by atoms with E-state index in [0.29, 0.717) is 5.92 Å². The molecule has 0 nitrogen and oxygen atoms in total. The zero-order valence-electron chi connectivity index (χ0n) is 10.0. The lowest BCUT2D eigenvalue weighted by Crippen LogP contribution is -1.93. The Bertz CT molecular complexity index is 131. The van der Waals surface area contributed by atoms with Crippen LogP contribution in [0.15, 0.2) is 12.2 Å². The molecule has 0 heteroatoms. The Morgan fingerprint density at radius 3 is 1.92 bits per heavy atom. The van der Waals surface area contributed by atoms with Gasteiger partial charge < -0.3 is 0 Å². The second-order valence-corrected chi connectivity index (χ2v) is 4.93. The predicted molar refractivity (Wildman–Crippen MR) is 61.8 cm³/mol. The number of hydrogen-bond acceptors (Lipinski definition) is 0. The summed E-state index contributed by atoms with van der Waals surface area (Å²) in [6.45, 7) is 11.4. The lowest BCUT2D eigenvalue weighted by molar-refractivity contribution is 0.500. The van der Waals surface area contributed by atoms with Crippen LogP contribution in [0.5, 0.6) is 0 Å². The highest BCUT2D eigenvalue weighted by Gasteiger charge is 1.99. The molecule has 0 aromatic carbocycles. The maximum absolute atomic E-state index is 2.37. The average molecular weight is 182 g/mol. The molecule has 13 heavy (non-hydrogen) atoms. The van der Waals surface area contributed by atoms with Crippen LogP contribution in [0.25, 0.3) is 0 Å². The highest BCUT2D eigenvalue weighted by Crippen LogP contribution is 2.13. The van der Waals surface area contributed by atoms with E-state index in [9.17, 15) is 0 Å². The van der Waals surface area contributed by atoms with Gasteiger partial charge in [0, 0.05) is 0 Å². The average Bonchev–Trinajstić information content (AvgIpc) is 2.00. The summed E-state index contributed by atoms with van der Waals surface area (Å²) in [5, 5.41) is 0. The minimum Gasteiger partial charge on any atom is -0.0857 e. The lowest BCUT2D eigenvalue weighted by atomic mass is 9.98. The number of allylic oxidation sites excluding steroid dienone is 2. The van der Waals surface area contributed by atoms with Crippen LogP contribution in [-0.2, 0) is 0 Å². The summed E-state index contributed by atoms with van der Waals surface area (Å²) in [7, 11) is 0. The van der Waals surface area contributed by atoms with Crippen molar-refractivity contribution < 1.29 is 0 Å². The van der Waals surface area contributed by atoms with Crippen molar-refractivity contribution in [3.63, 3.8) is 0 Å². The van der Waals surface area contributed by atoms with E-state index in [1.165, 1.54) is 19.3 Å². The van der Waals surface area contributed by atoms with Crippen molar-refractivity contribution in [3.8, 4) is 0 Å². The van der Waals surface area contributed by atoms with E-state index in [4.69, 9.17) is 0 Å². The van der Waals surface area contributed by atoms with Crippen molar-refractivity contribution in [1.82, 2.24) is 0 Å². The van der Waals surface area contributed by atoms with Crippen LogP contribution in [0.4, 0.5) is 0 Å². The molecule has 0 aromatic heterocycles. The highest BCUT2D eigenvalue weighted by molar-refractivity contribution is 4.88. The smallest absolute Gasteiger partial charge is 0.0262 e. The zero-order valence-corrected chi connectivity index (χ0v) is 10.0. The normalized spacial score (nSPS) is 14.7. The molecule has 0 amide bonds. The Hall–Kier alpha value is -0.260. The van der Waals surface area contributed by atoms with Crippen LogP contribution in [0.1, 0.15) is 53.9 Å². The van der Waals surface area contributed by atoms with Gasteiger partial charge in [-0.1, -0.05) is 59.6 Å². The van der Waals surface area contributed by atoms with E-state index < -0.39 is 0 Å². The monoisotopic (exact) mass is 182 g/mol. The van der Waals surface area contributed by atoms with Gasteiger partial charge in [-0.3, -0.25) is 0 Å². The second kappa shape index (κ2) is 7.17. The first-order valence-corrected chi connectivity index (χ1v) is 5.70. The van der Waals surface area contributed by atoms with Crippen LogP contribution in [0.3, 0.4) is 0 Å². The molecule has 0 fully saturated rings. The first-order valence-electron chi connectivity index (χ1n) is 5.70. The van der Waals surface area contributed by atoms with Crippen molar-refractivity contribution in [2.45, 2.75) is 53.9 Å². The van der Waals surface area contributed by atoms with E-state index in [1.807, 2.05) is 0 Å². The summed E-state index contributed by atoms with van der Waals surface area (Å²) in [4.78, 5) is 0. The van der Waals surface area contributed by atoms with E-state index in [2.05, 4.69) is 46.8 Å². The second-order valence-electron chi connectivity index (χ2n) is 4.93. The van der Waals surface area contributed by atoms with Crippen LogP contribution in [-0.4, -0.2) is 0 Å². The van der Waals surface area contributed by atoms with Crippen molar-refractivity contribution in [2.75, 3.05) is 0 Å². The predicted octanol–water partition coefficient (Wildman–Crippen LogP) is 4.66. The molecular weight excluding hydrogens is 156 g/mol. The molecule has 0 heterocycles. The van der Waals surface area contributed by atoms with Crippen LogP contribution < -0.4 is 0 Å². The van der Waals surface area contributed by atoms with Gasteiger partial charge in [0.05, 0.1) is 0 Å². The maximum Gasteiger partial charge on any atom is -0.0262 e. The molecular formula is C13H26. The van der Waals surface area contributed by atoms with Gasteiger partial charge in [0.25, 0.3) is 0 Å². The van der Waals surface area contributed by atoms with Crippen LogP contribution >= 0.6 is 0 Å². The first-order chi connectivity index (χ1) is 6.02. The highest BCUT2D eigenvalue weighted by atomic mass is 14.0. The largest absolute Gasteiger partial charge is 0.0857 e. The molecule has 0 saturated carbocycles. The molecule has 0 N–H and O–H groups in total. The Morgan fingerprint density at radius 1 is 0.846 bits per heavy atom. The molecule has 0 rings (SSSR count). The summed E-state index contributed by atoms with van der Waals surface area (Å²) in [5.41, 5.74) is 0. The van der Waals surface area contributed by atoms with E-state index in [0.717, 1.165) is 11.8 Å². The van der Waals surface area contributed by atoms with Gasteiger partial charge in [-0.15, -0.1) is 0 Å². The van der Waals surface area contributed by atoms with Gasteiger partial charge in [-0.2, -0.15) is 0 Å². The van der Waals surface area contributed by atoms with Gasteiger partial charge in [0.2, 0.25) is 0 Å². The third-order valence-electron chi connectivity index (χ3n) is 2.27. The van der Waals surface area contributed by atoms with Crippen LogP contribution in [0.2, 0.25) is 0 Å². The minimum atomic E-state index is 0.701. The van der Waals surface area contributed by atoms with E-state index in [-0.39, 0.29) is 0 Å². The van der Waals surface area contributed by atoms with Gasteiger partial charge in [0.1, 0.15) is 0 Å². The fraction of sp³-hybridized carbons (Fsp3) is 0.846. The summed E-state index contributed by atoms with van der Waals surface area (Å²) < 4.78 is 0. The molecule has 1 unspecified atom stereocenters. The summed E-state index contributed by atoms with van der Waals surface area (Å²) in [6.07, 6.45) is 8.79. The molecule has 0 radical (unpaired) electrons. The molecule has 0 aliphatic carbocycles. The van der Waals surface area contributed by atoms with Crippen molar-refractivity contribution in [2.24, 2.45) is 17.8 Å². The van der Waals surface area contributed by atoms with Crippen molar-refractivity contribution in [1.29, 1.82) is 0 Å². The molecule has 0 spiro atoms. The van der Waals surface area contributed by atoms with Crippen molar-refractivity contribution >= 4 is 0 Å². The quantitative estimate of drug-likeness (QED) is 0.524. The van der Waals surface area contributed by atoms with Crippen molar-refractivity contribution in [3.05, 3.63) is 12.2 Å². The molecule has 1 atom stereocenters. The molecule has 0 aliphatic heterocycles. The standard InChI is InChI=1S/C13H26/c1-11(2)7-6-8-13(5)10-9-12(3)4/h9-13H,6-8H2,1-5H3/b10-9-. The Balaban J connectivity index is 3.45. The number of hydrogen-bond donors (Lipinski definition) is 0. The third-order valence-corrected chi connectivity index (χ3v) is 2.27. The molecule has 78 valence electrons. The molecule has 0 saturated heterocycles. The van der Waals surface area contributed by atoms with Gasteiger partial charge in [-0.25, -0.2) is 0 Å². The fourth-order valence-corrected chi connectivity index (χ4v) is 1.36. The van der Waals surface area contributed by atoms with E-state index in [1.54, 1.807) is 0 Å². The van der Waals surface area contributed by atoms with Crippen LogP contribution in [0, 0.1) is 17.8 Å². The van der Waals surface area contributed by atoms with Gasteiger partial charge in [-0.05, 0) is 24.2 Å². The Morgan fingerprint density at radius 2 is 1.46 bits per heavy atom. The molecule has 0 aliphatic rings. The molecule has 0 aromatic rings. The SMILES string of the molecule is CC(C)/C=C\C(C)CCCC(C)C. The van der Waals surface area contributed by atoms with Gasteiger partial charge >= 0.3 is 0 Å². The van der Waals surface area contributed by atoms with E-state index >= 15 is 0 Å². The van der Waals surface area contributed by atoms with Gasteiger partial charge in [0.15, 0.2) is 0 Å². The third kappa shape index (κ3) is 9.66. The Kier molecular flexibility index (Phi) is 7.03. The minimum absolute atomic E-state index is 0.701. The summed E-state index contributed by atoms with van der Waals surface area (Å²) >= 11 is 0. The summed E-state index contributed by atoms with van der Waals surface area (Å²) in [5.74, 6) is 2.33. The lowest BCUT2D eigenvalue weighted by Gasteiger charge is -2.08. The first kappa shape index (κ1) is 12.7. The number of rotatable bonds is 6. The Labute approximate surface area is 84.4 Å². The molecule has 0 bridgehead atoms. The maximum atomic E-state index is 2.37. The zero-order chi connectivity index (χ0) is 10.3.